The Morgan fingerprint density at radius 2 is 1.54 bits per heavy atom. The van der Waals surface area contributed by atoms with Crippen molar-refractivity contribution in [3.05, 3.63) is 12.2 Å². The van der Waals surface area contributed by atoms with Gasteiger partial charge in [0, 0.05) is 11.5 Å². The predicted octanol–water partition coefficient (Wildman–Crippen LogP) is 2.51. The van der Waals surface area contributed by atoms with E-state index in [0.717, 1.165) is 6.42 Å². The predicted molar refractivity (Wildman–Crippen MR) is 101 cm³/mol. The van der Waals surface area contributed by atoms with Gasteiger partial charge in [-0.15, -0.1) is 0 Å². The molecule has 28 heavy (non-hydrogen) atoms. The number of likely N-dealkylation sites (tertiary alicyclic amines) is 1. The number of allylic oxidation sites excluding steroid dienone is 2. The summed E-state index contributed by atoms with van der Waals surface area (Å²) in [6.07, 6.45) is 7.58. The molecule has 6 heteroatoms. The highest BCUT2D eigenvalue weighted by molar-refractivity contribution is 6.06. The maximum absolute atomic E-state index is 12.9. The number of ketones is 1. The molecule has 0 N–H and O–H groups in total. The highest BCUT2D eigenvalue weighted by Crippen LogP contribution is 2.53. The molecule has 1 aliphatic heterocycles. The summed E-state index contributed by atoms with van der Waals surface area (Å²) in [6, 6.07) is -0.106. The Morgan fingerprint density at radius 1 is 1.00 bits per heavy atom. The molecule has 0 aromatic heterocycles. The average molecular weight is 387 g/mol. The Morgan fingerprint density at radius 3 is 2.04 bits per heavy atom. The van der Waals surface area contributed by atoms with Gasteiger partial charge >= 0.3 is 5.97 Å². The van der Waals surface area contributed by atoms with Crippen molar-refractivity contribution in [1.29, 1.82) is 0 Å². The van der Waals surface area contributed by atoms with Gasteiger partial charge in [-0.25, -0.2) is 0 Å². The summed E-state index contributed by atoms with van der Waals surface area (Å²) in [5.41, 5.74) is -0.527. The molecule has 0 aromatic carbocycles. The summed E-state index contributed by atoms with van der Waals surface area (Å²) in [6.45, 7) is 5.21. The standard InChI is InChI=1S/C22H29NO5/c1-22(2,3)16(24)11-28-21(27)12-6-8-15(9-7-12)23-19(25)17-13-4-5-14(10-13)18(17)20(23)26/h4-5,12-15,17-18H,6-11H2,1-3H3. The van der Waals surface area contributed by atoms with E-state index >= 15 is 0 Å². The largest absolute Gasteiger partial charge is 0.457 e. The number of Topliss-reactive ketones (excluding diaryl/α,β-unsaturated/α-hetero) is 1. The molecule has 152 valence electrons. The van der Waals surface area contributed by atoms with Gasteiger partial charge in [0.25, 0.3) is 0 Å². The van der Waals surface area contributed by atoms with E-state index in [1.165, 1.54) is 4.90 Å². The van der Waals surface area contributed by atoms with E-state index < -0.39 is 5.41 Å². The minimum Gasteiger partial charge on any atom is -0.457 e. The summed E-state index contributed by atoms with van der Waals surface area (Å²) in [4.78, 5) is 51.6. The second kappa shape index (κ2) is 6.82. The van der Waals surface area contributed by atoms with Crippen LogP contribution in [0.5, 0.6) is 0 Å². The SMILES string of the molecule is CC(C)(C)C(=O)COC(=O)C1CCC(N2C(=O)C3C4C=CC(C4)C3C2=O)CC1. The first-order valence-electron chi connectivity index (χ1n) is 10.4. The van der Waals surface area contributed by atoms with E-state index in [1.807, 2.05) is 0 Å². The molecule has 1 saturated heterocycles. The molecule has 1 heterocycles. The molecular formula is C22H29NO5. The minimum absolute atomic E-state index is 0.00588. The quantitative estimate of drug-likeness (QED) is 0.421. The van der Waals surface area contributed by atoms with Crippen molar-refractivity contribution in [1.82, 2.24) is 4.90 Å². The van der Waals surface area contributed by atoms with Gasteiger partial charge in [0.2, 0.25) is 11.8 Å². The van der Waals surface area contributed by atoms with Crippen LogP contribution in [-0.2, 0) is 23.9 Å². The topological polar surface area (TPSA) is 80.8 Å². The Kier molecular flexibility index (Phi) is 4.71. The fourth-order valence-corrected chi connectivity index (χ4v) is 5.33. The van der Waals surface area contributed by atoms with Crippen LogP contribution >= 0.6 is 0 Å². The molecule has 2 amide bonds. The molecule has 4 atom stereocenters. The molecule has 2 bridgehead atoms. The lowest BCUT2D eigenvalue weighted by atomic mass is 9.85. The monoisotopic (exact) mass is 387 g/mol. The van der Waals surface area contributed by atoms with E-state index in [1.54, 1.807) is 20.8 Å². The van der Waals surface area contributed by atoms with Crippen LogP contribution in [-0.4, -0.2) is 41.1 Å². The Hall–Kier alpha value is -1.98. The van der Waals surface area contributed by atoms with Crippen LogP contribution < -0.4 is 0 Å². The van der Waals surface area contributed by atoms with Crippen molar-refractivity contribution < 1.29 is 23.9 Å². The van der Waals surface area contributed by atoms with Gasteiger partial charge < -0.3 is 4.74 Å². The number of nitrogens with zero attached hydrogens (tertiary/aromatic N) is 1. The Bertz CT molecular complexity index is 711. The van der Waals surface area contributed by atoms with Gasteiger partial charge in [-0.1, -0.05) is 32.9 Å². The summed E-state index contributed by atoms with van der Waals surface area (Å²) in [5, 5.41) is 0. The molecule has 0 spiro atoms. The zero-order chi connectivity index (χ0) is 20.2. The fourth-order valence-electron chi connectivity index (χ4n) is 5.33. The molecule has 4 unspecified atom stereocenters. The van der Waals surface area contributed by atoms with Crippen molar-refractivity contribution in [3.63, 3.8) is 0 Å². The lowest BCUT2D eigenvalue weighted by molar-refractivity contribution is -0.155. The van der Waals surface area contributed by atoms with Crippen LogP contribution in [0.1, 0.15) is 52.9 Å². The van der Waals surface area contributed by atoms with Crippen LogP contribution in [0.15, 0.2) is 12.2 Å². The van der Waals surface area contributed by atoms with Gasteiger partial charge in [0.05, 0.1) is 17.8 Å². The normalized spacial score (nSPS) is 36.8. The molecule has 0 radical (unpaired) electrons. The van der Waals surface area contributed by atoms with Gasteiger partial charge in [-0.05, 0) is 43.9 Å². The van der Waals surface area contributed by atoms with Crippen LogP contribution in [0.3, 0.4) is 0 Å². The number of carbonyl (C=O) groups is 4. The first-order valence-corrected chi connectivity index (χ1v) is 10.4. The number of carbonyl (C=O) groups excluding carboxylic acids is 4. The van der Waals surface area contributed by atoms with Gasteiger partial charge in [-0.2, -0.15) is 0 Å². The molecule has 2 saturated carbocycles. The van der Waals surface area contributed by atoms with E-state index in [4.69, 9.17) is 4.74 Å². The minimum atomic E-state index is -0.527. The van der Waals surface area contributed by atoms with E-state index in [0.29, 0.717) is 25.7 Å². The van der Waals surface area contributed by atoms with Crippen molar-refractivity contribution in [2.45, 2.75) is 58.9 Å². The zero-order valence-corrected chi connectivity index (χ0v) is 16.8. The number of fused-ring (bicyclic) bond motifs is 5. The van der Waals surface area contributed by atoms with Crippen molar-refractivity contribution in [3.8, 4) is 0 Å². The number of amides is 2. The molecule has 0 aromatic rings. The van der Waals surface area contributed by atoms with E-state index in [9.17, 15) is 19.2 Å². The number of ether oxygens (including phenoxy) is 1. The maximum Gasteiger partial charge on any atom is 0.309 e. The highest BCUT2D eigenvalue weighted by Gasteiger charge is 2.60. The van der Waals surface area contributed by atoms with Crippen LogP contribution in [0.4, 0.5) is 0 Å². The maximum atomic E-state index is 12.9. The van der Waals surface area contributed by atoms with Crippen LogP contribution in [0.25, 0.3) is 0 Å². The third kappa shape index (κ3) is 3.11. The zero-order valence-electron chi connectivity index (χ0n) is 16.8. The molecule has 3 fully saturated rings. The lowest BCUT2D eigenvalue weighted by Gasteiger charge is -2.33. The fraction of sp³-hybridized carbons (Fsp3) is 0.727. The van der Waals surface area contributed by atoms with Crippen LogP contribution in [0, 0.1) is 35.0 Å². The number of imide groups is 1. The molecule has 3 aliphatic carbocycles. The van der Waals surface area contributed by atoms with Crippen molar-refractivity contribution >= 4 is 23.6 Å². The smallest absolute Gasteiger partial charge is 0.309 e. The third-order valence-electron chi connectivity index (χ3n) is 7.08. The van der Waals surface area contributed by atoms with Crippen molar-refractivity contribution in [2.24, 2.45) is 35.0 Å². The van der Waals surface area contributed by atoms with E-state index in [-0.39, 0.29) is 65.8 Å². The molecule has 4 aliphatic rings. The summed E-state index contributed by atoms with van der Waals surface area (Å²) in [7, 11) is 0. The first kappa shape index (κ1) is 19.3. The lowest BCUT2D eigenvalue weighted by Crippen LogP contribution is -2.44. The first-order chi connectivity index (χ1) is 13.2. The second-order valence-corrected chi connectivity index (χ2v) is 9.83. The Labute approximate surface area is 165 Å². The summed E-state index contributed by atoms with van der Waals surface area (Å²) in [5.74, 6) is -0.572. The second-order valence-electron chi connectivity index (χ2n) is 9.83. The van der Waals surface area contributed by atoms with Gasteiger partial charge in [-0.3, -0.25) is 24.1 Å². The summed E-state index contributed by atoms with van der Waals surface area (Å²) >= 11 is 0. The number of hydrogen-bond donors (Lipinski definition) is 0. The van der Waals surface area contributed by atoms with Gasteiger partial charge in [0.15, 0.2) is 12.4 Å². The Balaban J connectivity index is 1.31. The van der Waals surface area contributed by atoms with Crippen molar-refractivity contribution in [2.75, 3.05) is 6.61 Å². The third-order valence-corrected chi connectivity index (χ3v) is 7.08. The molecular weight excluding hydrogens is 358 g/mol. The number of esters is 1. The van der Waals surface area contributed by atoms with E-state index in [2.05, 4.69) is 12.2 Å². The number of hydrogen-bond acceptors (Lipinski definition) is 5. The molecule has 6 nitrogen and oxygen atoms in total. The average Bonchev–Trinajstić information content (AvgIpc) is 3.32. The van der Waals surface area contributed by atoms with Gasteiger partial charge in [0.1, 0.15) is 0 Å². The number of rotatable bonds is 4. The van der Waals surface area contributed by atoms with Crippen LogP contribution in [0.2, 0.25) is 0 Å². The summed E-state index contributed by atoms with van der Waals surface area (Å²) < 4.78 is 5.23. The highest BCUT2D eigenvalue weighted by atomic mass is 16.5. The molecule has 4 rings (SSSR count).